The van der Waals surface area contributed by atoms with Crippen LogP contribution in [0.1, 0.15) is 19.3 Å². The van der Waals surface area contributed by atoms with Gasteiger partial charge in [0, 0.05) is 29.5 Å². The lowest BCUT2D eigenvalue weighted by molar-refractivity contribution is -0.0201. The predicted molar refractivity (Wildman–Crippen MR) is 73.4 cm³/mol. The molecule has 0 amide bonds. The number of hydrogen-bond donors (Lipinski definition) is 3. The molecule has 1 heterocycles. The lowest BCUT2D eigenvalue weighted by Crippen LogP contribution is -2.43. The molecule has 3 rings (SSSR count). The molecule has 1 aromatic heterocycles. The van der Waals surface area contributed by atoms with Gasteiger partial charge in [0.15, 0.2) is 0 Å². The third-order valence-electron chi connectivity index (χ3n) is 3.66. The SMILES string of the molecule is Nc1ccc2c(NCC3(O)CCC3)ccnc2c1. The molecule has 1 fully saturated rings. The molecule has 0 spiro atoms. The van der Waals surface area contributed by atoms with Gasteiger partial charge in [-0.05, 0) is 43.5 Å². The smallest absolute Gasteiger partial charge is 0.0819 e. The number of benzene rings is 1. The minimum Gasteiger partial charge on any atom is -0.399 e. The van der Waals surface area contributed by atoms with Crippen LogP contribution in [0.2, 0.25) is 0 Å². The Morgan fingerprint density at radius 1 is 1.33 bits per heavy atom. The number of anilines is 2. The van der Waals surface area contributed by atoms with E-state index < -0.39 is 5.60 Å². The molecule has 0 bridgehead atoms. The summed E-state index contributed by atoms with van der Waals surface area (Å²) in [5.74, 6) is 0. The molecule has 4 heteroatoms. The van der Waals surface area contributed by atoms with E-state index in [1.165, 1.54) is 0 Å². The second kappa shape index (κ2) is 4.14. The van der Waals surface area contributed by atoms with Gasteiger partial charge < -0.3 is 16.2 Å². The summed E-state index contributed by atoms with van der Waals surface area (Å²) in [5.41, 5.74) is 7.81. The van der Waals surface area contributed by atoms with Crippen LogP contribution < -0.4 is 11.1 Å². The van der Waals surface area contributed by atoms with Crippen molar-refractivity contribution < 1.29 is 5.11 Å². The van der Waals surface area contributed by atoms with Crippen LogP contribution in [0.25, 0.3) is 10.9 Å². The van der Waals surface area contributed by atoms with Crippen LogP contribution in [0.3, 0.4) is 0 Å². The highest BCUT2D eigenvalue weighted by atomic mass is 16.3. The van der Waals surface area contributed by atoms with Gasteiger partial charge in [-0.25, -0.2) is 0 Å². The second-order valence-electron chi connectivity index (χ2n) is 5.07. The standard InChI is InChI=1S/C14H17N3O/c15-10-2-3-11-12(4-7-16-13(11)8-10)17-9-14(18)5-1-6-14/h2-4,7-8,18H,1,5-6,9,15H2,(H,16,17). The van der Waals surface area contributed by atoms with E-state index >= 15 is 0 Å². The summed E-state index contributed by atoms with van der Waals surface area (Å²) in [7, 11) is 0. The molecular formula is C14H17N3O. The topological polar surface area (TPSA) is 71.2 Å². The molecule has 94 valence electrons. The van der Waals surface area contributed by atoms with Crippen molar-refractivity contribution >= 4 is 22.3 Å². The van der Waals surface area contributed by atoms with Gasteiger partial charge in [0.2, 0.25) is 0 Å². The van der Waals surface area contributed by atoms with Crippen LogP contribution in [-0.4, -0.2) is 22.2 Å². The fourth-order valence-corrected chi connectivity index (χ4v) is 2.34. The maximum absolute atomic E-state index is 10.1. The fourth-order valence-electron chi connectivity index (χ4n) is 2.34. The van der Waals surface area contributed by atoms with Gasteiger partial charge in [-0.3, -0.25) is 4.98 Å². The minimum absolute atomic E-state index is 0.524. The zero-order valence-corrected chi connectivity index (χ0v) is 10.2. The first-order valence-corrected chi connectivity index (χ1v) is 6.27. The maximum Gasteiger partial charge on any atom is 0.0819 e. The zero-order chi connectivity index (χ0) is 12.6. The number of fused-ring (bicyclic) bond motifs is 1. The van der Waals surface area contributed by atoms with Gasteiger partial charge in [-0.1, -0.05) is 0 Å². The van der Waals surface area contributed by atoms with Gasteiger partial charge >= 0.3 is 0 Å². The molecule has 1 aliphatic carbocycles. The molecule has 1 saturated carbocycles. The van der Waals surface area contributed by atoms with Crippen molar-refractivity contribution in [1.29, 1.82) is 0 Å². The molecule has 0 radical (unpaired) electrons. The van der Waals surface area contributed by atoms with Crippen molar-refractivity contribution in [2.45, 2.75) is 24.9 Å². The van der Waals surface area contributed by atoms with E-state index in [0.29, 0.717) is 12.2 Å². The Kier molecular flexibility index (Phi) is 2.59. The van der Waals surface area contributed by atoms with Crippen LogP contribution >= 0.6 is 0 Å². The summed E-state index contributed by atoms with van der Waals surface area (Å²) in [6.07, 6.45) is 4.65. The number of aliphatic hydroxyl groups is 1. The first-order chi connectivity index (χ1) is 8.66. The van der Waals surface area contributed by atoms with E-state index in [-0.39, 0.29) is 0 Å². The average Bonchev–Trinajstić information content (AvgIpc) is 2.33. The number of hydrogen-bond acceptors (Lipinski definition) is 4. The third kappa shape index (κ3) is 1.99. The first kappa shape index (κ1) is 11.3. The second-order valence-corrected chi connectivity index (χ2v) is 5.07. The summed E-state index contributed by atoms with van der Waals surface area (Å²) in [6.45, 7) is 0.594. The molecular weight excluding hydrogens is 226 g/mol. The van der Waals surface area contributed by atoms with Crippen molar-refractivity contribution in [3.8, 4) is 0 Å². The molecule has 4 nitrogen and oxygen atoms in total. The van der Waals surface area contributed by atoms with E-state index in [2.05, 4.69) is 10.3 Å². The van der Waals surface area contributed by atoms with Gasteiger partial charge in [0.25, 0.3) is 0 Å². The highest BCUT2D eigenvalue weighted by Crippen LogP contribution is 2.32. The van der Waals surface area contributed by atoms with Crippen LogP contribution in [-0.2, 0) is 0 Å². The van der Waals surface area contributed by atoms with Crippen LogP contribution in [0.15, 0.2) is 30.5 Å². The van der Waals surface area contributed by atoms with Crippen LogP contribution in [0, 0.1) is 0 Å². The predicted octanol–water partition coefficient (Wildman–Crippen LogP) is 2.14. The lowest BCUT2D eigenvalue weighted by Gasteiger charge is -2.37. The van der Waals surface area contributed by atoms with E-state index in [1.807, 2.05) is 24.3 Å². The highest BCUT2D eigenvalue weighted by molar-refractivity contribution is 5.92. The maximum atomic E-state index is 10.1. The molecule has 4 N–H and O–H groups in total. The number of nitrogens with two attached hydrogens (primary N) is 1. The first-order valence-electron chi connectivity index (χ1n) is 6.27. The number of nitrogens with one attached hydrogen (secondary N) is 1. The minimum atomic E-state index is -0.524. The van der Waals surface area contributed by atoms with E-state index in [9.17, 15) is 5.11 Å². The van der Waals surface area contributed by atoms with Gasteiger partial charge in [-0.2, -0.15) is 0 Å². The summed E-state index contributed by atoms with van der Waals surface area (Å²) in [6, 6.07) is 7.62. The van der Waals surface area contributed by atoms with Crippen molar-refractivity contribution in [2.24, 2.45) is 0 Å². The Balaban J connectivity index is 1.87. The van der Waals surface area contributed by atoms with Gasteiger partial charge in [0.1, 0.15) is 0 Å². The zero-order valence-electron chi connectivity index (χ0n) is 10.2. The largest absolute Gasteiger partial charge is 0.399 e. The Labute approximate surface area is 106 Å². The Hall–Kier alpha value is -1.81. The average molecular weight is 243 g/mol. The van der Waals surface area contributed by atoms with Crippen molar-refractivity contribution in [2.75, 3.05) is 17.6 Å². The Bertz CT molecular complexity index is 578. The van der Waals surface area contributed by atoms with Crippen LogP contribution in [0.5, 0.6) is 0 Å². The number of pyridine rings is 1. The molecule has 0 atom stereocenters. The molecule has 18 heavy (non-hydrogen) atoms. The molecule has 0 unspecified atom stereocenters. The normalized spacial score (nSPS) is 17.4. The van der Waals surface area contributed by atoms with Crippen molar-refractivity contribution in [3.63, 3.8) is 0 Å². The van der Waals surface area contributed by atoms with Gasteiger partial charge in [-0.15, -0.1) is 0 Å². The number of rotatable bonds is 3. The summed E-state index contributed by atoms with van der Waals surface area (Å²) < 4.78 is 0. The van der Waals surface area contributed by atoms with Gasteiger partial charge in [0.05, 0.1) is 11.1 Å². The number of nitrogen functional groups attached to an aromatic ring is 1. The summed E-state index contributed by atoms with van der Waals surface area (Å²) in [5, 5.41) is 14.4. The highest BCUT2D eigenvalue weighted by Gasteiger charge is 2.33. The molecule has 2 aromatic rings. The monoisotopic (exact) mass is 243 g/mol. The third-order valence-corrected chi connectivity index (χ3v) is 3.66. The quantitative estimate of drug-likeness (QED) is 0.722. The lowest BCUT2D eigenvalue weighted by atomic mass is 9.80. The van der Waals surface area contributed by atoms with E-state index in [0.717, 1.165) is 35.9 Å². The van der Waals surface area contributed by atoms with E-state index in [4.69, 9.17) is 5.73 Å². The molecule has 1 aliphatic rings. The molecule has 1 aromatic carbocycles. The number of aromatic nitrogens is 1. The molecule has 0 aliphatic heterocycles. The summed E-state index contributed by atoms with van der Waals surface area (Å²) >= 11 is 0. The summed E-state index contributed by atoms with van der Waals surface area (Å²) in [4.78, 5) is 4.30. The van der Waals surface area contributed by atoms with Crippen LogP contribution in [0.4, 0.5) is 11.4 Å². The molecule has 0 saturated heterocycles. The Morgan fingerprint density at radius 2 is 2.17 bits per heavy atom. The van der Waals surface area contributed by atoms with E-state index in [1.54, 1.807) is 6.20 Å². The van der Waals surface area contributed by atoms with Crippen molar-refractivity contribution in [1.82, 2.24) is 4.98 Å². The fraction of sp³-hybridized carbons (Fsp3) is 0.357. The number of nitrogens with zero attached hydrogens (tertiary/aromatic N) is 1. The Morgan fingerprint density at radius 3 is 2.89 bits per heavy atom. The van der Waals surface area contributed by atoms with Crippen molar-refractivity contribution in [3.05, 3.63) is 30.5 Å².